The van der Waals surface area contributed by atoms with Crippen LogP contribution in [0.1, 0.15) is 43.9 Å². The van der Waals surface area contributed by atoms with E-state index in [0.29, 0.717) is 23.6 Å². The Morgan fingerprint density at radius 1 is 1.27 bits per heavy atom. The summed E-state index contributed by atoms with van der Waals surface area (Å²) in [5.74, 6) is 1.34. The van der Waals surface area contributed by atoms with Gasteiger partial charge in [0.1, 0.15) is 17.1 Å². The molecule has 0 saturated carbocycles. The first kappa shape index (κ1) is 16.8. The van der Waals surface area contributed by atoms with Gasteiger partial charge in [-0.15, -0.1) is 11.3 Å². The van der Waals surface area contributed by atoms with Gasteiger partial charge in [-0.1, -0.05) is 17.3 Å². The summed E-state index contributed by atoms with van der Waals surface area (Å²) in [6.45, 7) is 4.27. The molecular weight excluding hydrogens is 348 g/mol. The lowest BCUT2D eigenvalue weighted by atomic mass is 9.92. The summed E-state index contributed by atoms with van der Waals surface area (Å²) in [7, 11) is 1.65. The molecule has 1 amide bonds. The Morgan fingerprint density at radius 2 is 2.04 bits per heavy atom. The number of hydrogen-bond donors (Lipinski definition) is 0. The van der Waals surface area contributed by atoms with Gasteiger partial charge in [-0.05, 0) is 55.0 Å². The van der Waals surface area contributed by atoms with Crippen LogP contribution in [0.15, 0.2) is 40.2 Å². The van der Waals surface area contributed by atoms with Crippen LogP contribution in [0.3, 0.4) is 0 Å². The van der Waals surface area contributed by atoms with Gasteiger partial charge in [-0.2, -0.15) is 0 Å². The molecule has 0 unspecified atom stereocenters. The number of methoxy groups -OCH3 is 1. The number of benzene rings is 1. The number of rotatable bonds is 3. The molecule has 134 valence electrons. The Balaban J connectivity index is 1.79. The van der Waals surface area contributed by atoms with E-state index in [0.717, 1.165) is 17.7 Å². The molecule has 0 radical (unpaired) electrons. The van der Waals surface area contributed by atoms with Crippen molar-refractivity contribution in [1.82, 2.24) is 10.1 Å². The summed E-state index contributed by atoms with van der Waals surface area (Å²) < 4.78 is 10.5. The van der Waals surface area contributed by atoms with Crippen molar-refractivity contribution in [2.75, 3.05) is 13.7 Å². The lowest BCUT2D eigenvalue weighted by Crippen LogP contribution is -2.40. The van der Waals surface area contributed by atoms with Gasteiger partial charge in [0.05, 0.1) is 18.8 Å². The van der Waals surface area contributed by atoms with Crippen molar-refractivity contribution < 1.29 is 14.1 Å². The summed E-state index contributed by atoms with van der Waals surface area (Å²) in [6.07, 6.45) is 0.870. The average molecular weight is 368 g/mol. The van der Waals surface area contributed by atoms with Crippen LogP contribution in [0.25, 0.3) is 0 Å². The molecule has 3 aromatic rings. The molecule has 2 aromatic heterocycles. The van der Waals surface area contributed by atoms with Crippen LogP contribution in [-0.4, -0.2) is 29.6 Å². The van der Waals surface area contributed by atoms with Crippen molar-refractivity contribution in [2.24, 2.45) is 0 Å². The zero-order valence-electron chi connectivity index (χ0n) is 15.0. The molecule has 1 atom stereocenters. The van der Waals surface area contributed by atoms with E-state index in [9.17, 15) is 4.79 Å². The number of ether oxygens (including phenoxy) is 1. The van der Waals surface area contributed by atoms with Gasteiger partial charge in [0.15, 0.2) is 0 Å². The van der Waals surface area contributed by atoms with E-state index >= 15 is 0 Å². The van der Waals surface area contributed by atoms with Gasteiger partial charge < -0.3 is 14.2 Å². The highest BCUT2D eigenvalue weighted by Gasteiger charge is 2.35. The standard InChI is InChI=1S/C20H20N2O3S/c1-12-18(13(2)25-21-12)20(23)22-10-8-17-16(9-11-26-17)19(22)14-4-6-15(24-3)7-5-14/h4-7,9,11,19H,8,10H2,1-3H3/t19-/m0/s1. The van der Waals surface area contributed by atoms with E-state index in [1.54, 1.807) is 25.4 Å². The van der Waals surface area contributed by atoms with Crippen LogP contribution in [0.4, 0.5) is 0 Å². The Hall–Kier alpha value is -2.60. The highest BCUT2D eigenvalue weighted by Crippen LogP contribution is 2.39. The third-order valence-corrected chi connectivity index (χ3v) is 5.90. The molecule has 3 heterocycles. The van der Waals surface area contributed by atoms with Crippen LogP contribution in [0.5, 0.6) is 5.75 Å². The van der Waals surface area contributed by atoms with Crippen LogP contribution < -0.4 is 4.74 Å². The predicted molar refractivity (Wildman–Crippen MR) is 99.9 cm³/mol. The molecule has 1 aromatic carbocycles. The largest absolute Gasteiger partial charge is 0.497 e. The molecule has 1 aliphatic rings. The zero-order valence-corrected chi connectivity index (χ0v) is 15.8. The van der Waals surface area contributed by atoms with Gasteiger partial charge in [-0.3, -0.25) is 4.79 Å². The van der Waals surface area contributed by atoms with E-state index in [1.165, 1.54) is 10.4 Å². The fourth-order valence-electron chi connectivity index (χ4n) is 3.61. The second-order valence-electron chi connectivity index (χ2n) is 6.42. The predicted octanol–water partition coefficient (Wildman–Crippen LogP) is 4.15. The van der Waals surface area contributed by atoms with Crippen LogP contribution in [0.2, 0.25) is 0 Å². The number of carbonyl (C=O) groups is 1. The fourth-order valence-corrected chi connectivity index (χ4v) is 4.52. The number of aryl methyl sites for hydroxylation is 2. The Bertz CT molecular complexity index is 923. The number of hydrogen-bond acceptors (Lipinski definition) is 5. The van der Waals surface area contributed by atoms with Crippen molar-refractivity contribution >= 4 is 17.2 Å². The van der Waals surface area contributed by atoms with Crippen LogP contribution >= 0.6 is 11.3 Å². The van der Waals surface area contributed by atoms with Crippen molar-refractivity contribution in [3.05, 3.63) is 68.7 Å². The van der Waals surface area contributed by atoms with Crippen LogP contribution in [-0.2, 0) is 6.42 Å². The Kier molecular flexibility index (Phi) is 4.28. The number of aromatic nitrogens is 1. The summed E-state index contributed by atoms with van der Waals surface area (Å²) in [4.78, 5) is 16.6. The van der Waals surface area contributed by atoms with Gasteiger partial charge in [0.2, 0.25) is 0 Å². The quantitative estimate of drug-likeness (QED) is 0.697. The molecule has 0 bridgehead atoms. The van der Waals surface area contributed by atoms with Crippen molar-refractivity contribution in [2.45, 2.75) is 26.3 Å². The summed E-state index contributed by atoms with van der Waals surface area (Å²) >= 11 is 1.76. The molecule has 0 aliphatic carbocycles. The molecule has 0 spiro atoms. The first-order valence-corrected chi connectivity index (χ1v) is 9.42. The fraction of sp³-hybridized carbons (Fsp3) is 0.300. The minimum atomic E-state index is -0.114. The number of amides is 1. The average Bonchev–Trinajstić information content (AvgIpc) is 3.26. The van der Waals surface area contributed by atoms with Crippen molar-refractivity contribution in [3.8, 4) is 5.75 Å². The van der Waals surface area contributed by atoms with E-state index < -0.39 is 0 Å². The summed E-state index contributed by atoms with van der Waals surface area (Å²) in [5.41, 5.74) is 3.48. The number of fused-ring (bicyclic) bond motifs is 1. The monoisotopic (exact) mass is 368 g/mol. The molecule has 0 fully saturated rings. The molecule has 26 heavy (non-hydrogen) atoms. The normalized spacial score (nSPS) is 16.4. The SMILES string of the molecule is COc1ccc([C@H]2c3ccsc3CCN2C(=O)c2c(C)noc2C)cc1. The smallest absolute Gasteiger partial charge is 0.260 e. The van der Waals surface area contributed by atoms with Crippen LogP contribution in [0, 0.1) is 13.8 Å². The molecular formula is C20H20N2O3S. The molecule has 6 heteroatoms. The van der Waals surface area contributed by atoms with E-state index in [1.807, 2.05) is 36.1 Å². The van der Waals surface area contributed by atoms with Gasteiger partial charge in [0, 0.05) is 11.4 Å². The van der Waals surface area contributed by atoms with E-state index in [4.69, 9.17) is 9.26 Å². The molecule has 0 N–H and O–H groups in total. The maximum absolute atomic E-state index is 13.3. The third-order valence-electron chi connectivity index (χ3n) is 4.91. The first-order chi connectivity index (χ1) is 12.6. The first-order valence-electron chi connectivity index (χ1n) is 8.54. The highest BCUT2D eigenvalue weighted by molar-refractivity contribution is 7.10. The zero-order chi connectivity index (χ0) is 18.3. The maximum atomic E-state index is 13.3. The van der Waals surface area contributed by atoms with Crippen molar-refractivity contribution in [3.63, 3.8) is 0 Å². The number of thiophene rings is 1. The van der Waals surface area contributed by atoms with E-state index in [-0.39, 0.29) is 11.9 Å². The lowest BCUT2D eigenvalue weighted by molar-refractivity contribution is 0.0693. The lowest BCUT2D eigenvalue weighted by Gasteiger charge is -2.36. The molecule has 0 saturated heterocycles. The second kappa shape index (κ2) is 6.61. The number of nitrogens with zero attached hydrogens (tertiary/aromatic N) is 2. The third kappa shape index (κ3) is 2.70. The minimum Gasteiger partial charge on any atom is -0.497 e. The topological polar surface area (TPSA) is 55.6 Å². The molecule has 1 aliphatic heterocycles. The number of carbonyl (C=O) groups excluding carboxylic acids is 1. The maximum Gasteiger partial charge on any atom is 0.260 e. The second-order valence-corrected chi connectivity index (χ2v) is 7.42. The van der Waals surface area contributed by atoms with Gasteiger partial charge in [0.25, 0.3) is 5.91 Å². The Labute approximate surface area is 156 Å². The van der Waals surface area contributed by atoms with Gasteiger partial charge >= 0.3 is 0 Å². The summed E-state index contributed by atoms with van der Waals surface area (Å²) in [5, 5.41) is 6.05. The van der Waals surface area contributed by atoms with Crippen molar-refractivity contribution in [1.29, 1.82) is 0 Å². The summed E-state index contributed by atoms with van der Waals surface area (Å²) in [6, 6.07) is 9.95. The van der Waals surface area contributed by atoms with E-state index in [2.05, 4.69) is 16.6 Å². The minimum absolute atomic E-state index is 0.0288. The molecule has 5 nitrogen and oxygen atoms in total. The van der Waals surface area contributed by atoms with Gasteiger partial charge in [-0.25, -0.2) is 0 Å². The molecule has 4 rings (SSSR count). The highest BCUT2D eigenvalue weighted by atomic mass is 32.1. The Morgan fingerprint density at radius 3 is 2.69 bits per heavy atom.